The monoisotopic (exact) mass is 617 g/mol. The third kappa shape index (κ3) is 6.17. The molecule has 0 spiro atoms. The second-order valence-corrected chi connectivity index (χ2v) is 12.7. The molecule has 13 heteroatoms. The first kappa shape index (κ1) is 30.7. The third-order valence-electron chi connectivity index (χ3n) is 8.94. The van der Waals surface area contributed by atoms with Crippen molar-refractivity contribution in [2.75, 3.05) is 76.4 Å². The molecule has 0 unspecified atom stereocenters. The van der Waals surface area contributed by atoms with Crippen LogP contribution in [0.2, 0.25) is 0 Å². The number of hydrogen-bond acceptors (Lipinski definition) is 10. The molecule has 6 rings (SSSR count). The summed E-state index contributed by atoms with van der Waals surface area (Å²) in [4.78, 5) is 30.6. The molecule has 0 bridgehead atoms. The van der Waals surface area contributed by atoms with Crippen LogP contribution < -0.4 is 14.5 Å². The lowest BCUT2D eigenvalue weighted by molar-refractivity contribution is -0.140. The Hall–Kier alpha value is -4.28. The highest BCUT2D eigenvalue weighted by Gasteiger charge is 2.41. The van der Waals surface area contributed by atoms with E-state index in [1.165, 1.54) is 4.90 Å². The van der Waals surface area contributed by atoms with Gasteiger partial charge >= 0.3 is 6.01 Å². The number of nitrogens with one attached hydrogen (secondary N) is 1. The first-order valence-electron chi connectivity index (χ1n) is 15.4. The zero-order chi connectivity index (χ0) is 31.7. The van der Waals surface area contributed by atoms with Crippen LogP contribution >= 0.6 is 0 Å². The standard InChI is InChI=1S/C32H40FN9O3/c1-21-7-8-26-25(14-35-38-26)28(21)40-11-5-6-24-27(16-40)36-31(45-20-32(17-39(3)4)18-44-19-32)37-29(24)41-12-13-42(30(43)22(2)33)23(15-41)9-10-34/h7-8,14,23H,2,5-6,9,11-13,15-20H2,1,3-4H3,(H,35,38)/t23-/m0/s1. The van der Waals surface area contributed by atoms with Crippen LogP contribution in [0.1, 0.15) is 29.7 Å². The minimum absolute atomic E-state index is 0.0704. The lowest BCUT2D eigenvalue weighted by Crippen LogP contribution is -2.55. The molecule has 3 aliphatic rings. The molecule has 0 saturated carbocycles. The van der Waals surface area contributed by atoms with Crippen LogP contribution in [-0.2, 0) is 22.5 Å². The summed E-state index contributed by atoms with van der Waals surface area (Å²) in [6, 6.07) is 6.11. The number of aryl methyl sites for hydroxylation is 1. The normalized spacial score (nSPS) is 19.6. The number of aromatic nitrogens is 4. The van der Waals surface area contributed by atoms with Gasteiger partial charge in [0.2, 0.25) is 0 Å². The maximum Gasteiger partial charge on any atom is 0.318 e. The first-order chi connectivity index (χ1) is 21.7. The Bertz CT molecular complexity index is 1630. The van der Waals surface area contributed by atoms with Crippen LogP contribution in [0.3, 0.4) is 0 Å². The lowest BCUT2D eigenvalue weighted by atomic mass is 9.86. The highest BCUT2D eigenvalue weighted by atomic mass is 19.1. The van der Waals surface area contributed by atoms with Gasteiger partial charge in [0.25, 0.3) is 5.91 Å². The molecule has 2 aromatic heterocycles. The van der Waals surface area contributed by atoms with Gasteiger partial charge in [0.05, 0.1) is 66.8 Å². The third-order valence-corrected chi connectivity index (χ3v) is 8.94. The van der Waals surface area contributed by atoms with Gasteiger partial charge < -0.3 is 29.1 Å². The van der Waals surface area contributed by atoms with E-state index in [1.807, 2.05) is 26.4 Å². The molecule has 1 aromatic carbocycles. The molecule has 0 aliphatic carbocycles. The number of H-pyrrole nitrogens is 1. The van der Waals surface area contributed by atoms with E-state index >= 15 is 0 Å². The van der Waals surface area contributed by atoms with Crippen molar-refractivity contribution in [1.29, 1.82) is 5.26 Å². The molecule has 3 aromatic rings. The van der Waals surface area contributed by atoms with Crippen molar-refractivity contribution in [3.63, 3.8) is 0 Å². The Kier molecular flexibility index (Phi) is 8.61. The Morgan fingerprint density at radius 2 is 2.09 bits per heavy atom. The number of carbonyl (C=O) groups excluding carboxylic acids is 1. The lowest BCUT2D eigenvalue weighted by Gasteiger charge is -2.42. The second kappa shape index (κ2) is 12.6. The Labute approximate surface area is 262 Å². The predicted octanol–water partition coefficient (Wildman–Crippen LogP) is 2.99. The van der Waals surface area contributed by atoms with Crippen molar-refractivity contribution in [3.05, 3.63) is 47.6 Å². The zero-order valence-corrected chi connectivity index (χ0v) is 26.2. The second-order valence-electron chi connectivity index (χ2n) is 12.7. The van der Waals surface area contributed by atoms with E-state index in [4.69, 9.17) is 19.4 Å². The van der Waals surface area contributed by atoms with Gasteiger partial charge in [-0.3, -0.25) is 9.89 Å². The quantitative estimate of drug-likeness (QED) is 0.358. The minimum atomic E-state index is -1.02. The van der Waals surface area contributed by atoms with E-state index in [2.05, 4.69) is 50.5 Å². The summed E-state index contributed by atoms with van der Waals surface area (Å²) in [5.41, 5.74) is 5.03. The minimum Gasteiger partial charge on any atom is -0.463 e. The van der Waals surface area contributed by atoms with Gasteiger partial charge in [-0.05, 0) is 45.5 Å². The number of rotatable bonds is 9. The summed E-state index contributed by atoms with van der Waals surface area (Å²) in [5, 5.41) is 18.0. The fourth-order valence-corrected chi connectivity index (χ4v) is 6.89. The molecule has 1 N–H and O–H groups in total. The number of benzene rings is 1. The Morgan fingerprint density at radius 3 is 2.80 bits per heavy atom. The van der Waals surface area contributed by atoms with E-state index in [-0.39, 0.29) is 18.4 Å². The molecule has 45 heavy (non-hydrogen) atoms. The summed E-state index contributed by atoms with van der Waals surface area (Å²) in [5.74, 6) is -1.04. The van der Waals surface area contributed by atoms with Crippen LogP contribution in [0, 0.1) is 23.7 Å². The fourth-order valence-electron chi connectivity index (χ4n) is 6.89. The number of aromatic amines is 1. The molecule has 1 atom stereocenters. The van der Waals surface area contributed by atoms with Gasteiger partial charge in [-0.2, -0.15) is 20.3 Å². The first-order valence-corrected chi connectivity index (χ1v) is 15.4. The number of halogens is 1. The molecule has 0 radical (unpaired) electrons. The van der Waals surface area contributed by atoms with E-state index in [0.717, 1.165) is 65.2 Å². The predicted molar refractivity (Wildman–Crippen MR) is 168 cm³/mol. The van der Waals surface area contributed by atoms with Crippen molar-refractivity contribution in [2.45, 2.75) is 38.8 Å². The van der Waals surface area contributed by atoms with Crippen LogP contribution in [0.25, 0.3) is 10.9 Å². The molecule has 2 fully saturated rings. The van der Waals surface area contributed by atoms with Crippen molar-refractivity contribution < 1.29 is 18.7 Å². The number of fused-ring (bicyclic) bond motifs is 2. The Morgan fingerprint density at radius 1 is 1.27 bits per heavy atom. The molecule has 3 aliphatic heterocycles. The summed E-state index contributed by atoms with van der Waals surface area (Å²) >= 11 is 0. The number of carbonyl (C=O) groups is 1. The number of anilines is 2. The average Bonchev–Trinajstić information content (AvgIpc) is 3.37. The highest BCUT2D eigenvalue weighted by Crippen LogP contribution is 2.36. The fraction of sp³-hybridized carbons (Fsp3) is 0.531. The molecular weight excluding hydrogens is 577 g/mol. The molecule has 12 nitrogen and oxygen atoms in total. The maximum absolute atomic E-state index is 13.9. The number of amides is 1. The van der Waals surface area contributed by atoms with Crippen LogP contribution in [0.4, 0.5) is 15.9 Å². The molecular formula is C32H40FN9O3. The number of piperazine rings is 1. The zero-order valence-electron chi connectivity index (χ0n) is 26.2. The number of nitriles is 1. The van der Waals surface area contributed by atoms with Crippen molar-refractivity contribution in [1.82, 2.24) is 30.0 Å². The summed E-state index contributed by atoms with van der Waals surface area (Å²) in [7, 11) is 4.07. The van der Waals surface area contributed by atoms with Gasteiger partial charge in [-0.15, -0.1) is 0 Å². The number of ether oxygens (including phenoxy) is 2. The molecule has 2 saturated heterocycles. The maximum atomic E-state index is 13.9. The van der Waals surface area contributed by atoms with Crippen LogP contribution in [0.5, 0.6) is 6.01 Å². The molecule has 238 valence electrons. The number of hydrogen-bond donors (Lipinski definition) is 1. The SMILES string of the molecule is C=C(F)C(=O)N1CCN(c2nc(OCC3(CN(C)C)COC3)nc3c2CCCN(c2c(C)ccc4[nH]ncc24)C3)C[C@@H]1CC#N. The van der Waals surface area contributed by atoms with Crippen molar-refractivity contribution >= 4 is 28.3 Å². The van der Waals surface area contributed by atoms with Crippen molar-refractivity contribution in [2.24, 2.45) is 5.41 Å². The molecule has 5 heterocycles. The smallest absolute Gasteiger partial charge is 0.318 e. The van der Waals surface area contributed by atoms with E-state index in [9.17, 15) is 14.4 Å². The largest absolute Gasteiger partial charge is 0.463 e. The van der Waals surface area contributed by atoms with Gasteiger partial charge in [-0.25, -0.2) is 4.39 Å². The van der Waals surface area contributed by atoms with Crippen LogP contribution in [0.15, 0.2) is 30.7 Å². The topological polar surface area (TPSA) is 127 Å². The molecule has 1 amide bonds. The number of nitrogens with zero attached hydrogens (tertiary/aromatic N) is 8. The summed E-state index contributed by atoms with van der Waals surface area (Å²) in [6.07, 6.45) is 3.57. The average molecular weight is 618 g/mol. The van der Waals surface area contributed by atoms with Crippen LogP contribution in [-0.4, -0.2) is 109 Å². The Balaban J connectivity index is 1.36. The highest BCUT2D eigenvalue weighted by molar-refractivity contribution is 5.93. The van der Waals surface area contributed by atoms with Gasteiger partial charge in [-0.1, -0.05) is 12.6 Å². The van der Waals surface area contributed by atoms with E-state index in [1.54, 1.807) is 0 Å². The van der Waals surface area contributed by atoms with Gasteiger partial charge in [0.15, 0.2) is 5.83 Å². The van der Waals surface area contributed by atoms with Crippen molar-refractivity contribution in [3.8, 4) is 12.1 Å². The van der Waals surface area contributed by atoms with E-state index in [0.29, 0.717) is 45.5 Å². The summed E-state index contributed by atoms with van der Waals surface area (Å²) < 4.78 is 25.8. The summed E-state index contributed by atoms with van der Waals surface area (Å²) in [6.45, 7) is 10.1. The van der Waals surface area contributed by atoms with E-state index < -0.39 is 17.8 Å². The van der Waals surface area contributed by atoms with Gasteiger partial charge in [0, 0.05) is 43.7 Å². The van der Waals surface area contributed by atoms with Gasteiger partial charge in [0.1, 0.15) is 12.4 Å².